The van der Waals surface area contributed by atoms with Crippen LogP contribution in [0.2, 0.25) is 0 Å². The number of aromatic nitrogens is 2. The van der Waals surface area contributed by atoms with Gasteiger partial charge in [-0.15, -0.1) is 22.7 Å². The van der Waals surface area contributed by atoms with Gasteiger partial charge in [0.25, 0.3) is 5.91 Å². The number of amides is 1. The van der Waals surface area contributed by atoms with Crippen LogP contribution < -0.4 is 11.1 Å². The molecule has 0 atom stereocenters. The molecule has 0 radical (unpaired) electrons. The molecule has 27 heavy (non-hydrogen) atoms. The van der Waals surface area contributed by atoms with Gasteiger partial charge in [0, 0.05) is 23.6 Å². The van der Waals surface area contributed by atoms with Gasteiger partial charge in [0.1, 0.15) is 28.8 Å². The highest BCUT2D eigenvalue weighted by atomic mass is 32.1. The van der Waals surface area contributed by atoms with E-state index >= 15 is 0 Å². The summed E-state index contributed by atoms with van der Waals surface area (Å²) in [4.78, 5) is 36.7. The van der Waals surface area contributed by atoms with Crippen molar-refractivity contribution in [1.82, 2.24) is 15.3 Å². The van der Waals surface area contributed by atoms with Gasteiger partial charge in [-0.25, -0.2) is 9.97 Å². The maximum absolute atomic E-state index is 12.0. The normalized spacial score (nSPS) is 11.8. The summed E-state index contributed by atoms with van der Waals surface area (Å²) < 4.78 is 0. The fourth-order valence-electron chi connectivity index (χ4n) is 2.34. The molecule has 0 unspecified atom stereocenters. The Labute approximate surface area is 167 Å². The molecular weight excluding hydrogens is 382 g/mol. The number of nitrogens with zero attached hydrogens (tertiary/aromatic N) is 3. The Hall–Kier alpha value is -2.13. The number of carbonyl (C=O) groups excluding carboxylic acids is 2. The zero-order valence-electron chi connectivity index (χ0n) is 15.8. The predicted octanol–water partition coefficient (Wildman–Crippen LogP) is 3.27. The third-order valence-electron chi connectivity index (χ3n) is 3.56. The first kappa shape index (κ1) is 21.2. The van der Waals surface area contributed by atoms with Crippen molar-refractivity contribution in [1.29, 1.82) is 0 Å². The number of amidine groups is 1. The summed E-state index contributed by atoms with van der Waals surface area (Å²) in [6, 6.07) is 0. The summed E-state index contributed by atoms with van der Waals surface area (Å²) in [7, 11) is 0. The predicted molar refractivity (Wildman–Crippen MR) is 110 cm³/mol. The molecule has 0 saturated carbocycles. The molecule has 9 heteroatoms. The summed E-state index contributed by atoms with van der Waals surface area (Å²) in [5.74, 6) is 0.842. The van der Waals surface area contributed by atoms with Gasteiger partial charge in [0.15, 0.2) is 0 Å². The van der Waals surface area contributed by atoms with E-state index in [1.165, 1.54) is 11.3 Å². The van der Waals surface area contributed by atoms with E-state index in [0.29, 0.717) is 41.1 Å². The lowest BCUT2D eigenvalue weighted by molar-refractivity contribution is -0.119. The SMILES string of the molecule is CC(N)=NCNC(=O)c1csc(-c2csc(CCCC(=O)CC(C)C)n2)n1. The van der Waals surface area contributed by atoms with Gasteiger partial charge in [-0.2, -0.15) is 0 Å². The maximum Gasteiger partial charge on any atom is 0.272 e. The van der Waals surface area contributed by atoms with Crippen LogP contribution >= 0.6 is 22.7 Å². The minimum atomic E-state index is -0.290. The van der Waals surface area contributed by atoms with Crippen molar-refractivity contribution in [3.05, 3.63) is 21.5 Å². The molecule has 2 aromatic heterocycles. The van der Waals surface area contributed by atoms with Crippen LogP contribution in [-0.4, -0.2) is 34.2 Å². The largest absolute Gasteiger partial charge is 0.388 e. The lowest BCUT2D eigenvalue weighted by Gasteiger charge is -2.02. The zero-order chi connectivity index (χ0) is 19.8. The molecule has 0 aromatic carbocycles. The molecule has 0 aliphatic heterocycles. The lowest BCUT2D eigenvalue weighted by Crippen LogP contribution is -2.25. The molecule has 0 spiro atoms. The quantitative estimate of drug-likeness (QED) is 0.464. The lowest BCUT2D eigenvalue weighted by atomic mass is 10.0. The van der Waals surface area contributed by atoms with Gasteiger partial charge in [-0.05, 0) is 25.7 Å². The van der Waals surface area contributed by atoms with Crippen molar-refractivity contribution in [3.63, 3.8) is 0 Å². The molecule has 1 amide bonds. The van der Waals surface area contributed by atoms with Crippen LogP contribution in [0.5, 0.6) is 0 Å². The summed E-state index contributed by atoms with van der Waals surface area (Å²) in [5, 5.41) is 7.97. The molecule has 7 nitrogen and oxygen atoms in total. The third-order valence-corrected chi connectivity index (χ3v) is 5.33. The molecule has 0 fully saturated rings. The first-order valence-electron chi connectivity index (χ1n) is 8.82. The highest BCUT2D eigenvalue weighted by molar-refractivity contribution is 7.14. The fourth-order valence-corrected chi connectivity index (χ4v) is 4.00. The molecule has 2 aromatic rings. The first-order valence-corrected chi connectivity index (χ1v) is 10.6. The van der Waals surface area contributed by atoms with Crippen LogP contribution in [0.15, 0.2) is 15.8 Å². The van der Waals surface area contributed by atoms with Crippen molar-refractivity contribution in [2.75, 3.05) is 6.67 Å². The van der Waals surface area contributed by atoms with E-state index in [-0.39, 0.29) is 12.6 Å². The maximum atomic E-state index is 12.0. The Kier molecular flexibility index (Phi) is 8.05. The Morgan fingerprint density at radius 3 is 2.74 bits per heavy atom. The number of ketones is 1. The minimum Gasteiger partial charge on any atom is -0.388 e. The van der Waals surface area contributed by atoms with Crippen LogP contribution in [-0.2, 0) is 11.2 Å². The second-order valence-corrected chi connectivity index (χ2v) is 8.42. The topological polar surface area (TPSA) is 110 Å². The highest BCUT2D eigenvalue weighted by Gasteiger charge is 2.14. The third kappa shape index (κ3) is 7.18. The average Bonchev–Trinajstić information content (AvgIpc) is 3.22. The Bertz CT molecular complexity index is 806. The number of carbonyl (C=O) groups is 2. The molecule has 146 valence electrons. The second-order valence-electron chi connectivity index (χ2n) is 6.62. The highest BCUT2D eigenvalue weighted by Crippen LogP contribution is 2.26. The summed E-state index contributed by atoms with van der Waals surface area (Å²) >= 11 is 2.93. The number of nitrogens with one attached hydrogen (secondary N) is 1. The number of aryl methyl sites for hydroxylation is 1. The van der Waals surface area contributed by atoms with Crippen LogP contribution in [0.3, 0.4) is 0 Å². The minimum absolute atomic E-state index is 0.129. The van der Waals surface area contributed by atoms with Crippen LogP contribution in [0.1, 0.15) is 55.5 Å². The smallest absolute Gasteiger partial charge is 0.272 e. The number of thiazole rings is 2. The van der Waals surface area contributed by atoms with E-state index in [0.717, 1.165) is 23.5 Å². The fraction of sp³-hybridized carbons (Fsp3) is 0.500. The van der Waals surface area contributed by atoms with Gasteiger partial charge >= 0.3 is 0 Å². The van der Waals surface area contributed by atoms with Crippen molar-refractivity contribution >= 4 is 40.2 Å². The van der Waals surface area contributed by atoms with Crippen molar-refractivity contribution in [2.24, 2.45) is 16.6 Å². The molecule has 0 aliphatic carbocycles. The van der Waals surface area contributed by atoms with E-state index in [4.69, 9.17) is 5.73 Å². The average molecular weight is 408 g/mol. The van der Waals surface area contributed by atoms with Gasteiger partial charge in [0.05, 0.1) is 10.8 Å². The molecular formula is C18H25N5O2S2. The molecule has 0 bridgehead atoms. The van der Waals surface area contributed by atoms with E-state index in [1.54, 1.807) is 23.6 Å². The number of Topliss-reactive ketones (excluding diaryl/α,β-unsaturated/α-hetero) is 1. The van der Waals surface area contributed by atoms with Gasteiger partial charge < -0.3 is 11.1 Å². The molecule has 0 saturated heterocycles. The summed E-state index contributed by atoms with van der Waals surface area (Å²) in [6.07, 6.45) is 2.83. The van der Waals surface area contributed by atoms with E-state index in [2.05, 4.69) is 34.1 Å². The van der Waals surface area contributed by atoms with Crippen LogP contribution in [0, 0.1) is 5.92 Å². The van der Waals surface area contributed by atoms with Crippen LogP contribution in [0.4, 0.5) is 0 Å². The standard InChI is InChI=1S/C18H25N5O2S2/c1-11(2)7-13(24)5-4-6-16-22-15(9-26-16)18-23-14(8-27-18)17(25)21-10-20-12(3)19/h8-9,11H,4-7,10H2,1-3H3,(H2,19,20)(H,21,25). The Balaban J connectivity index is 1.87. The van der Waals surface area contributed by atoms with E-state index in [1.807, 2.05) is 5.38 Å². The number of rotatable bonds is 10. The Morgan fingerprint density at radius 1 is 1.26 bits per heavy atom. The Morgan fingerprint density at radius 2 is 2.04 bits per heavy atom. The van der Waals surface area contributed by atoms with Gasteiger partial charge in [0.2, 0.25) is 0 Å². The van der Waals surface area contributed by atoms with E-state index < -0.39 is 0 Å². The van der Waals surface area contributed by atoms with E-state index in [9.17, 15) is 9.59 Å². The van der Waals surface area contributed by atoms with Crippen LogP contribution in [0.25, 0.3) is 10.7 Å². The summed E-state index contributed by atoms with van der Waals surface area (Å²) in [6.45, 7) is 5.90. The second kappa shape index (κ2) is 10.3. The number of aliphatic imine (C=N–C) groups is 1. The van der Waals surface area contributed by atoms with Gasteiger partial charge in [-0.3, -0.25) is 14.6 Å². The molecule has 2 rings (SSSR count). The van der Waals surface area contributed by atoms with Gasteiger partial charge in [-0.1, -0.05) is 13.8 Å². The zero-order valence-corrected chi connectivity index (χ0v) is 17.5. The monoisotopic (exact) mass is 407 g/mol. The first-order chi connectivity index (χ1) is 12.8. The number of nitrogens with two attached hydrogens (primary N) is 1. The molecule has 2 heterocycles. The summed E-state index contributed by atoms with van der Waals surface area (Å²) in [5.41, 5.74) is 6.54. The van der Waals surface area contributed by atoms with Crippen molar-refractivity contribution < 1.29 is 9.59 Å². The number of hydrogen-bond acceptors (Lipinski definition) is 7. The number of hydrogen-bond donors (Lipinski definition) is 2. The molecule has 0 aliphatic rings. The molecule has 3 N–H and O–H groups in total. The van der Waals surface area contributed by atoms with Crippen molar-refractivity contribution in [3.8, 4) is 10.7 Å². The van der Waals surface area contributed by atoms with Crippen molar-refractivity contribution in [2.45, 2.75) is 46.5 Å².